The van der Waals surface area contributed by atoms with Crippen LogP contribution in [-0.4, -0.2) is 16.9 Å². The van der Waals surface area contributed by atoms with Crippen molar-refractivity contribution in [2.24, 2.45) is 0 Å². The number of hydrogen-bond acceptors (Lipinski definition) is 2. The minimum absolute atomic E-state index is 0.218. The summed E-state index contributed by atoms with van der Waals surface area (Å²) in [6, 6.07) is 1.92. The summed E-state index contributed by atoms with van der Waals surface area (Å²) in [6.07, 6.45) is 4.36. The van der Waals surface area contributed by atoms with Crippen LogP contribution < -0.4 is 5.32 Å². The van der Waals surface area contributed by atoms with Crippen molar-refractivity contribution in [2.45, 2.75) is 25.3 Å². The Bertz CT molecular complexity index is 277. The molecule has 1 heterocycles. The Kier molecular flexibility index (Phi) is 5.23. The van der Waals surface area contributed by atoms with Gasteiger partial charge in [-0.05, 0) is 31.5 Å². The molecule has 0 fully saturated rings. The second-order valence-corrected chi connectivity index (χ2v) is 4.37. The smallest absolute Gasteiger partial charge is 0.0634 e. The molecule has 1 rings (SSSR count). The zero-order valence-electron chi connectivity index (χ0n) is 8.13. The molecule has 0 spiro atoms. The van der Waals surface area contributed by atoms with E-state index in [1.807, 2.05) is 13.0 Å². The Morgan fingerprint density at radius 1 is 1.57 bits per heavy atom. The highest BCUT2D eigenvalue weighted by atomic mass is 35.5. The molecule has 78 valence electrons. The molecule has 0 bridgehead atoms. The van der Waals surface area contributed by atoms with E-state index in [1.165, 1.54) is 0 Å². The van der Waals surface area contributed by atoms with Gasteiger partial charge in [0.2, 0.25) is 0 Å². The molecule has 1 atom stereocenters. The maximum Gasteiger partial charge on any atom is 0.0634 e. The number of aromatic nitrogens is 1. The van der Waals surface area contributed by atoms with Crippen molar-refractivity contribution in [3.05, 3.63) is 29.0 Å². The third kappa shape index (κ3) is 4.27. The van der Waals surface area contributed by atoms with Gasteiger partial charge >= 0.3 is 0 Å². The van der Waals surface area contributed by atoms with Gasteiger partial charge < -0.3 is 5.32 Å². The van der Waals surface area contributed by atoms with Gasteiger partial charge in [-0.15, -0.1) is 11.6 Å². The fourth-order valence-corrected chi connectivity index (χ4v) is 1.37. The van der Waals surface area contributed by atoms with E-state index >= 15 is 0 Å². The molecule has 0 radical (unpaired) electrons. The molecule has 0 aliphatic heterocycles. The molecule has 0 aliphatic carbocycles. The van der Waals surface area contributed by atoms with Gasteiger partial charge in [-0.25, -0.2) is 0 Å². The van der Waals surface area contributed by atoms with Gasteiger partial charge in [-0.3, -0.25) is 4.98 Å². The zero-order chi connectivity index (χ0) is 10.4. The van der Waals surface area contributed by atoms with Crippen molar-refractivity contribution in [1.29, 1.82) is 0 Å². The lowest BCUT2D eigenvalue weighted by Crippen LogP contribution is -2.17. The summed E-state index contributed by atoms with van der Waals surface area (Å²) < 4.78 is 0. The standard InChI is InChI=1S/C10H14Cl2N2/c1-8(11)2-4-13-6-9-3-5-14-7-10(9)12/h3,5,7-8,13H,2,4,6H2,1H3. The van der Waals surface area contributed by atoms with Gasteiger partial charge in [-0.1, -0.05) is 11.6 Å². The molecule has 1 N–H and O–H groups in total. The molecule has 4 heteroatoms. The van der Waals surface area contributed by atoms with E-state index in [9.17, 15) is 0 Å². The van der Waals surface area contributed by atoms with Crippen LogP contribution in [-0.2, 0) is 6.54 Å². The van der Waals surface area contributed by atoms with Gasteiger partial charge in [0.05, 0.1) is 5.02 Å². The molecule has 0 saturated heterocycles. The maximum absolute atomic E-state index is 5.94. The van der Waals surface area contributed by atoms with Gasteiger partial charge in [0.25, 0.3) is 0 Å². The quantitative estimate of drug-likeness (QED) is 0.624. The van der Waals surface area contributed by atoms with Crippen molar-refractivity contribution in [3.8, 4) is 0 Å². The maximum atomic E-state index is 5.94. The zero-order valence-corrected chi connectivity index (χ0v) is 9.65. The van der Waals surface area contributed by atoms with Gasteiger partial charge in [0.1, 0.15) is 0 Å². The summed E-state index contributed by atoms with van der Waals surface area (Å²) in [4.78, 5) is 3.92. The van der Waals surface area contributed by atoms with E-state index in [0.29, 0.717) is 5.02 Å². The predicted octanol–water partition coefficient (Wildman–Crippen LogP) is 2.84. The number of nitrogens with one attached hydrogen (secondary N) is 1. The average Bonchev–Trinajstić information content (AvgIpc) is 2.15. The minimum atomic E-state index is 0.218. The van der Waals surface area contributed by atoms with Crippen LogP contribution in [0.2, 0.25) is 5.02 Å². The lowest BCUT2D eigenvalue weighted by molar-refractivity contribution is 0.644. The van der Waals surface area contributed by atoms with Crippen molar-refractivity contribution in [1.82, 2.24) is 10.3 Å². The second kappa shape index (κ2) is 6.23. The first-order chi connectivity index (χ1) is 6.70. The van der Waals surface area contributed by atoms with Crippen molar-refractivity contribution in [3.63, 3.8) is 0 Å². The Hall–Kier alpha value is -0.310. The molecule has 1 unspecified atom stereocenters. The predicted molar refractivity (Wildman–Crippen MR) is 60.9 cm³/mol. The summed E-state index contributed by atoms with van der Waals surface area (Å²) in [6.45, 7) is 3.66. The van der Waals surface area contributed by atoms with Crippen LogP contribution in [0, 0.1) is 0 Å². The van der Waals surface area contributed by atoms with Gasteiger partial charge in [0, 0.05) is 24.3 Å². The SMILES string of the molecule is CC(Cl)CCNCc1ccncc1Cl. The highest BCUT2D eigenvalue weighted by Gasteiger charge is 1.99. The van der Waals surface area contributed by atoms with Crippen LogP contribution in [0.5, 0.6) is 0 Å². The summed E-state index contributed by atoms with van der Waals surface area (Å²) in [5.74, 6) is 0. The Morgan fingerprint density at radius 2 is 2.36 bits per heavy atom. The summed E-state index contributed by atoms with van der Waals surface area (Å²) in [5, 5.41) is 4.20. The van der Waals surface area contributed by atoms with Gasteiger partial charge in [0.15, 0.2) is 0 Å². The molecule has 0 aromatic carbocycles. The number of rotatable bonds is 5. The van der Waals surface area contributed by atoms with Crippen LogP contribution in [0.4, 0.5) is 0 Å². The molecular weight excluding hydrogens is 219 g/mol. The molecule has 2 nitrogen and oxygen atoms in total. The number of alkyl halides is 1. The van der Waals surface area contributed by atoms with Gasteiger partial charge in [-0.2, -0.15) is 0 Å². The van der Waals surface area contributed by atoms with Crippen molar-refractivity contribution < 1.29 is 0 Å². The Morgan fingerprint density at radius 3 is 3.00 bits per heavy atom. The first kappa shape index (κ1) is 11.8. The first-order valence-corrected chi connectivity index (χ1v) is 5.44. The summed E-state index contributed by atoms with van der Waals surface area (Å²) >= 11 is 11.8. The molecule has 0 amide bonds. The Labute approximate surface area is 94.6 Å². The number of hydrogen-bond donors (Lipinski definition) is 1. The molecule has 1 aromatic rings. The van der Waals surface area contributed by atoms with Crippen molar-refractivity contribution in [2.75, 3.05) is 6.54 Å². The monoisotopic (exact) mass is 232 g/mol. The highest BCUT2D eigenvalue weighted by molar-refractivity contribution is 6.31. The van der Waals surface area contributed by atoms with Crippen LogP contribution in [0.25, 0.3) is 0 Å². The van der Waals surface area contributed by atoms with Crippen LogP contribution in [0.15, 0.2) is 18.5 Å². The number of halogens is 2. The molecule has 14 heavy (non-hydrogen) atoms. The summed E-state index contributed by atoms with van der Waals surface area (Å²) in [7, 11) is 0. The van der Waals surface area contributed by atoms with E-state index in [1.54, 1.807) is 12.4 Å². The lowest BCUT2D eigenvalue weighted by atomic mass is 10.2. The second-order valence-electron chi connectivity index (χ2n) is 3.21. The average molecular weight is 233 g/mol. The Balaban J connectivity index is 2.28. The van der Waals surface area contributed by atoms with E-state index in [2.05, 4.69) is 10.3 Å². The fraction of sp³-hybridized carbons (Fsp3) is 0.500. The normalized spacial score (nSPS) is 12.8. The highest BCUT2D eigenvalue weighted by Crippen LogP contribution is 2.12. The number of nitrogens with zero attached hydrogens (tertiary/aromatic N) is 1. The molecule has 1 aromatic heterocycles. The van der Waals surface area contributed by atoms with E-state index in [0.717, 1.165) is 25.1 Å². The fourth-order valence-electron chi connectivity index (χ4n) is 1.07. The lowest BCUT2D eigenvalue weighted by Gasteiger charge is -2.06. The first-order valence-electron chi connectivity index (χ1n) is 4.63. The van der Waals surface area contributed by atoms with E-state index < -0.39 is 0 Å². The summed E-state index contributed by atoms with van der Waals surface area (Å²) in [5.41, 5.74) is 1.07. The number of pyridine rings is 1. The molecule has 0 saturated carbocycles. The van der Waals surface area contributed by atoms with Crippen LogP contribution in [0.1, 0.15) is 18.9 Å². The third-order valence-electron chi connectivity index (χ3n) is 1.89. The largest absolute Gasteiger partial charge is 0.313 e. The van der Waals surface area contributed by atoms with Crippen LogP contribution in [0.3, 0.4) is 0 Å². The van der Waals surface area contributed by atoms with Crippen LogP contribution >= 0.6 is 23.2 Å². The van der Waals surface area contributed by atoms with Crippen molar-refractivity contribution >= 4 is 23.2 Å². The van der Waals surface area contributed by atoms with E-state index in [4.69, 9.17) is 23.2 Å². The minimum Gasteiger partial charge on any atom is -0.313 e. The molecule has 0 aliphatic rings. The van der Waals surface area contributed by atoms with E-state index in [-0.39, 0.29) is 5.38 Å². The topological polar surface area (TPSA) is 24.9 Å². The third-order valence-corrected chi connectivity index (χ3v) is 2.45. The molecular formula is C10H14Cl2N2.